The molecule has 0 fully saturated rings. The summed E-state index contributed by atoms with van der Waals surface area (Å²) in [5, 5.41) is 18.1. The van der Waals surface area contributed by atoms with Crippen LogP contribution in [0.5, 0.6) is 0 Å². The Labute approximate surface area is 291 Å². The first-order valence-electron chi connectivity index (χ1n) is 19.3. The minimum absolute atomic E-state index is 0.142. The van der Waals surface area contributed by atoms with E-state index in [0.29, 0.717) is 32.1 Å². The number of ether oxygens (including phenoxy) is 4. The van der Waals surface area contributed by atoms with E-state index in [1.807, 2.05) is 0 Å². The van der Waals surface area contributed by atoms with Crippen molar-refractivity contribution in [3.8, 4) is 0 Å². The maximum atomic E-state index is 12.9. The minimum atomic E-state index is -1.06. The summed E-state index contributed by atoms with van der Waals surface area (Å²) < 4.78 is 22.4. The van der Waals surface area contributed by atoms with Gasteiger partial charge >= 0.3 is 23.9 Å². The number of carbonyl (C=O) groups is 4. The molecule has 0 aromatic rings. The molecule has 0 saturated heterocycles. The number of rotatable bonds is 34. The highest BCUT2D eigenvalue weighted by Crippen LogP contribution is 2.19. The van der Waals surface area contributed by atoms with Gasteiger partial charge in [0.1, 0.15) is 25.4 Å². The molecular weight excluding hydrogens is 616 g/mol. The number of aliphatic hydroxyl groups is 2. The zero-order valence-corrected chi connectivity index (χ0v) is 30.7. The molecule has 0 radical (unpaired) electrons. The van der Waals surface area contributed by atoms with Crippen LogP contribution < -0.4 is 0 Å². The Morgan fingerprint density at radius 3 is 1.25 bits per heavy atom. The summed E-state index contributed by atoms with van der Waals surface area (Å²) in [6, 6.07) is 0. The van der Waals surface area contributed by atoms with Gasteiger partial charge in [0, 0.05) is 25.7 Å². The van der Waals surface area contributed by atoms with Crippen molar-refractivity contribution >= 4 is 23.9 Å². The summed E-state index contributed by atoms with van der Waals surface area (Å²) >= 11 is 0. The average Bonchev–Trinajstić information content (AvgIpc) is 3.07. The van der Waals surface area contributed by atoms with E-state index in [9.17, 15) is 24.3 Å². The van der Waals surface area contributed by atoms with Crippen LogP contribution in [-0.4, -0.2) is 72.2 Å². The highest BCUT2D eigenvalue weighted by atomic mass is 16.6. The van der Waals surface area contributed by atoms with Crippen LogP contribution in [-0.2, 0) is 38.1 Å². The van der Waals surface area contributed by atoms with Gasteiger partial charge in [0.25, 0.3) is 0 Å². The molecule has 0 bridgehead atoms. The minimum Gasteiger partial charge on any atom is -0.463 e. The molecule has 10 heteroatoms. The van der Waals surface area contributed by atoms with Crippen molar-refractivity contribution in [1.29, 1.82) is 0 Å². The van der Waals surface area contributed by atoms with E-state index < -0.39 is 30.9 Å². The second-order valence-corrected chi connectivity index (χ2v) is 13.1. The summed E-state index contributed by atoms with van der Waals surface area (Å²) in [6.45, 7) is 5.62. The first-order valence-corrected chi connectivity index (χ1v) is 19.3. The zero-order valence-electron chi connectivity index (χ0n) is 30.7. The van der Waals surface area contributed by atoms with Crippen molar-refractivity contribution < 1.29 is 48.3 Å². The average molecular weight is 687 g/mol. The molecule has 0 aromatic carbocycles. The molecule has 48 heavy (non-hydrogen) atoms. The van der Waals surface area contributed by atoms with Crippen LogP contribution in [0, 0.1) is 0 Å². The molecule has 0 aromatic heterocycles. The Morgan fingerprint density at radius 2 is 0.812 bits per heavy atom. The van der Waals surface area contributed by atoms with E-state index >= 15 is 0 Å². The second kappa shape index (κ2) is 33.3. The van der Waals surface area contributed by atoms with Crippen LogP contribution in [0.2, 0.25) is 0 Å². The Morgan fingerprint density at radius 1 is 0.458 bits per heavy atom. The topological polar surface area (TPSA) is 146 Å². The van der Waals surface area contributed by atoms with Crippen LogP contribution in [0.1, 0.15) is 181 Å². The van der Waals surface area contributed by atoms with Gasteiger partial charge in [-0.15, -0.1) is 0 Å². The van der Waals surface area contributed by atoms with Gasteiger partial charge in [0.15, 0.2) is 6.10 Å². The molecule has 0 saturated carbocycles. The van der Waals surface area contributed by atoms with Gasteiger partial charge in [0.2, 0.25) is 0 Å². The van der Waals surface area contributed by atoms with Crippen molar-refractivity contribution in [3.63, 3.8) is 0 Å². The molecule has 0 rings (SSSR count). The quantitative estimate of drug-likeness (QED) is 0.0387. The van der Waals surface area contributed by atoms with Crippen molar-refractivity contribution in [2.24, 2.45) is 0 Å². The van der Waals surface area contributed by atoms with E-state index in [-0.39, 0.29) is 44.0 Å². The standard InChI is InChI=1S/C38H70O10/c1-4-7-10-14-20-26-36(42)46-31-34(48-38(44)28-23-16-12-9-6-3)33(47-37(43)27-22-15-11-8-5-2)24-19-17-13-18-21-25-35(41)45-30-32(40)29-39/h32-34,39-40H,4-31H2,1-3H3. The maximum Gasteiger partial charge on any atom is 0.306 e. The lowest BCUT2D eigenvalue weighted by Gasteiger charge is -2.27. The number of esters is 4. The lowest BCUT2D eigenvalue weighted by atomic mass is 10.0. The van der Waals surface area contributed by atoms with Crippen molar-refractivity contribution in [3.05, 3.63) is 0 Å². The largest absolute Gasteiger partial charge is 0.463 e. The summed E-state index contributed by atoms with van der Waals surface area (Å²) in [5.74, 6) is -1.44. The molecule has 2 N–H and O–H groups in total. The Balaban J connectivity index is 5.25. The fourth-order valence-electron chi connectivity index (χ4n) is 5.32. The molecule has 0 heterocycles. The molecule has 0 aliphatic rings. The molecule has 3 atom stereocenters. The summed E-state index contributed by atoms with van der Waals surface area (Å²) in [7, 11) is 0. The molecule has 3 unspecified atom stereocenters. The Bertz CT molecular complexity index is 802. The van der Waals surface area contributed by atoms with Crippen LogP contribution in [0.3, 0.4) is 0 Å². The van der Waals surface area contributed by atoms with Crippen molar-refractivity contribution in [2.75, 3.05) is 19.8 Å². The van der Waals surface area contributed by atoms with Gasteiger partial charge in [-0.05, 0) is 38.5 Å². The van der Waals surface area contributed by atoms with Gasteiger partial charge in [-0.25, -0.2) is 0 Å². The van der Waals surface area contributed by atoms with Crippen LogP contribution in [0.15, 0.2) is 0 Å². The predicted octanol–water partition coefficient (Wildman–Crippen LogP) is 8.06. The van der Waals surface area contributed by atoms with E-state index in [1.54, 1.807) is 0 Å². The molecular formula is C38H70O10. The van der Waals surface area contributed by atoms with E-state index in [1.165, 1.54) is 0 Å². The first kappa shape index (κ1) is 45.8. The molecule has 0 aliphatic carbocycles. The van der Waals surface area contributed by atoms with E-state index in [2.05, 4.69) is 20.8 Å². The second-order valence-electron chi connectivity index (χ2n) is 13.1. The van der Waals surface area contributed by atoms with Gasteiger partial charge in [-0.1, -0.05) is 117 Å². The third-order valence-electron chi connectivity index (χ3n) is 8.36. The molecule has 0 spiro atoms. The van der Waals surface area contributed by atoms with Gasteiger partial charge < -0.3 is 29.2 Å². The molecule has 10 nitrogen and oxygen atoms in total. The number of hydrogen-bond donors (Lipinski definition) is 2. The summed E-state index contributed by atoms with van der Waals surface area (Å²) in [5.41, 5.74) is 0. The molecule has 0 aliphatic heterocycles. The summed E-state index contributed by atoms with van der Waals surface area (Å²) in [4.78, 5) is 50.2. The Kier molecular flexibility index (Phi) is 31.8. The van der Waals surface area contributed by atoms with Gasteiger partial charge in [-0.3, -0.25) is 19.2 Å². The van der Waals surface area contributed by atoms with Crippen LogP contribution in [0.25, 0.3) is 0 Å². The number of unbranched alkanes of at least 4 members (excludes halogenated alkanes) is 16. The van der Waals surface area contributed by atoms with Crippen molar-refractivity contribution in [2.45, 2.75) is 200 Å². The number of carbonyl (C=O) groups excluding carboxylic acids is 4. The normalized spacial score (nSPS) is 13.0. The smallest absolute Gasteiger partial charge is 0.306 e. The number of aliphatic hydroxyl groups excluding tert-OH is 2. The molecule has 282 valence electrons. The van der Waals surface area contributed by atoms with E-state index in [0.717, 1.165) is 116 Å². The maximum absolute atomic E-state index is 12.9. The zero-order chi connectivity index (χ0) is 35.7. The third kappa shape index (κ3) is 28.8. The monoisotopic (exact) mass is 686 g/mol. The highest BCUT2D eigenvalue weighted by molar-refractivity contribution is 5.71. The molecule has 0 amide bonds. The van der Waals surface area contributed by atoms with Gasteiger partial charge in [-0.2, -0.15) is 0 Å². The van der Waals surface area contributed by atoms with Gasteiger partial charge in [0.05, 0.1) is 6.61 Å². The Hall–Kier alpha value is -2.20. The SMILES string of the molecule is CCCCCCCC(=O)OCC(OC(=O)CCCCCCC)C(CCCCCCCC(=O)OCC(O)CO)OC(=O)CCCCCCC. The van der Waals surface area contributed by atoms with Crippen molar-refractivity contribution in [1.82, 2.24) is 0 Å². The highest BCUT2D eigenvalue weighted by Gasteiger charge is 2.30. The third-order valence-corrected chi connectivity index (χ3v) is 8.36. The van der Waals surface area contributed by atoms with Crippen LogP contribution in [0.4, 0.5) is 0 Å². The summed E-state index contributed by atoms with van der Waals surface area (Å²) in [6.07, 6.45) is 17.8. The first-order chi connectivity index (χ1) is 23.3. The predicted molar refractivity (Wildman–Crippen MR) is 187 cm³/mol. The van der Waals surface area contributed by atoms with E-state index in [4.69, 9.17) is 24.1 Å². The number of hydrogen-bond acceptors (Lipinski definition) is 10. The fourth-order valence-corrected chi connectivity index (χ4v) is 5.32. The fraction of sp³-hybridized carbons (Fsp3) is 0.895. The lowest BCUT2D eigenvalue weighted by molar-refractivity contribution is -0.176. The van der Waals surface area contributed by atoms with Crippen LogP contribution >= 0.6 is 0 Å². The lowest BCUT2D eigenvalue weighted by Crippen LogP contribution is -2.39.